The predicted molar refractivity (Wildman–Crippen MR) is 90.7 cm³/mol. The van der Waals surface area contributed by atoms with Crippen LogP contribution in [-0.2, 0) is 4.79 Å². The standard InChI is InChI=1S/C19H34O3/c1-2-3-6-9-17(21)13-11-16-12-14-19(22)18(16)10-7-4-5-8-15-20/h11,13,16,18-20,22H,2-10,12,14-15H2,1H3. The second-order valence-corrected chi connectivity index (χ2v) is 6.68. The summed E-state index contributed by atoms with van der Waals surface area (Å²) < 4.78 is 0. The molecular weight excluding hydrogens is 276 g/mol. The van der Waals surface area contributed by atoms with Gasteiger partial charge in [-0.25, -0.2) is 0 Å². The fourth-order valence-electron chi connectivity index (χ4n) is 3.43. The average Bonchev–Trinajstić information content (AvgIpc) is 2.86. The highest BCUT2D eigenvalue weighted by atomic mass is 16.3. The maximum absolute atomic E-state index is 11.8. The molecule has 3 unspecified atom stereocenters. The maximum atomic E-state index is 11.8. The van der Waals surface area contributed by atoms with Crippen LogP contribution in [0.5, 0.6) is 0 Å². The van der Waals surface area contributed by atoms with Crippen LogP contribution in [0.2, 0.25) is 0 Å². The van der Waals surface area contributed by atoms with E-state index in [9.17, 15) is 9.90 Å². The number of rotatable bonds is 12. The van der Waals surface area contributed by atoms with Crippen LogP contribution < -0.4 is 0 Å². The number of aliphatic hydroxyl groups excluding tert-OH is 2. The summed E-state index contributed by atoms with van der Waals surface area (Å²) in [6.45, 7) is 2.42. The minimum Gasteiger partial charge on any atom is -0.396 e. The van der Waals surface area contributed by atoms with Crippen LogP contribution in [0.4, 0.5) is 0 Å². The molecule has 0 heterocycles. The van der Waals surface area contributed by atoms with Crippen LogP contribution in [0, 0.1) is 11.8 Å². The van der Waals surface area contributed by atoms with E-state index in [1.807, 2.05) is 0 Å². The largest absolute Gasteiger partial charge is 0.396 e. The first-order valence-electron chi connectivity index (χ1n) is 9.19. The predicted octanol–water partition coefficient (Wildman–Crippen LogP) is 4.02. The molecule has 22 heavy (non-hydrogen) atoms. The summed E-state index contributed by atoms with van der Waals surface area (Å²) >= 11 is 0. The van der Waals surface area contributed by atoms with E-state index in [0.717, 1.165) is 64.2 Å². The van der Waals surface area contributed by atoms with E-state index in [1.165, 1.54) is 0 Å². The van der Waals surface area contributed by atoms with Gasteiger partial charge in [-0.15, -0.1) is 0 Å². The monoisotopic (exact) mass is 310 g/mol. The Bertz CT molecular complexity index is 325. The molecule has 2 N–H and O–H groups in total. The van der Waals surface area contributed by atoms with Crippen molar-refractivity contribution in [1.29, 1.82) is 0 Å². The molecular formula is C19H34O3. The van der Waals surface area contributed by atoms with Gasteiger partial charge in [0.2, 0.25) is 0 Å². The molecule has 3 atom stereocenters. The zero-order chi connectivity index (χ0) is 16.2. The van der Waals surface area contributed by atoms with Gasteiger partial charge in [0.1, 0.15) is 0 Å². The van der Waals surface area contributed by atoms with Gasteiger partial charge in [0.15, 0.2) is 5.78 Å². The number of hydrogen-bond acceptors (Lipinski definition) is 3. The Morgan fingerprint density at radius 1 is 1.09 bits per heavy atom. The van der Waals surface area contributed by atoms with E-state index >= 15 is 0 Å². The fraction of sp³-hybridized carbons (Fsp3) is 0.842. The number of allylic oxidation sites excluding steroid dienone is 2. The van der Waals surface area contributed by atoms with Crippen LogP contribution >= 0.6 is 0 Å². The molecule has 0 saturated heterocycles. The molecule has 0 aromatic heterocycles. The molecule has 1 rings (SSSR count). The lowest BCUT2D eigenvalue weighted by molar-refractivity contribution is -0.114. The quantitative estimate of drug-likeness (QED) is 0.423. The normalized spacial score (nSPS) is 25.1. The summed E-state index contributed by atoms with van der Waals surface area (Å²) in [5, 5.41) is 18.9. The number of ketones is 1. The number of carbonyl (C=O) groups is 1. The van der Waals surface area contributed by atoms with Gasteiger partial charge in [0.25, 0.3) is 0 Å². The highest BCUT2D eigenvalue weighted by Crippen LogP contribution is 2.36. The Kier molecular flexibility index (Phi) is 10.4. The van der Waals surface area contributed by atoms with E-state index in [1.54, 1.807) is 6.08 Å². The molecule has 1 aliphatic carbocycles. The van der Waals surface area contributed by atoms with Crippen molar-refractivity contribution in [2.45, 2.75) is 83.7 Å². The lowest BCUT2D eigenvalue weighted by Gasteiger charge is -2.19. The molecule has 3 nitrogen and oxygen atoms in total. The van der Waals surface area contributed by atoms with E-state index in [-0.39, 0.29) is 18.5 Å². The van der Waals surface area contributed by atoms with Crippen molar-refractivity contribution in [2.75, 3.05) is 6.61 Å². The maximum Gasteiger partial charge on any atom is 0.155 e. The Balaban J connectivity index is 2.32. The minimum atomic E-state index is -0.206. The van der Waals surface area contributed by atoms with Gasteiger partial charge in [-0.2, -0.15) is 0 Å². The van der Waals surface area contributed by atoms with Crippen LogP contribution in [0.3, 0.4) is 0 Å². The van der Waals surface area contributed by atoms with Crippen molar-refractivity contribution in [1.82, 2.24) is 0 Å². The zero-order valence-corrected chi connectivity index (χ0v) is 14.2. The van der Waals surface area contributed by atoms with Crippen LogP contribution in [-0.4, -0.2) is 28.7 Å². The first-order valence-corrected chi connectivity index (χ1v) is 9.19. The lowest BCUT2D eigenvalue weighted by Crippen LogP contribution is -2.18. The van der Waals surface area contributed by atoms with Gasteiger partial charge in [-0.1, -0.05) is 45.1 Å². The van der Waals surface area contributed by atoms with E-state index in [4.69, 9.17) is 5.11 Å². The van der Waals surface area contributed by atoms with Gasteiger partial charge in [-0.3, -0.25) is 4.79 Å². The number of carbonyl (C=O) groups excluding carboxylic acids is 1. The highest BCUT2D eigenvalue weighted by Gasteiger charge is 2.32. The summed E-state index contributed by atoms with van der Waals surface area (Å²) in [5.74, 6) is 0.910. The molecule has 0 spiro atoms. The molecule has 0 radical (unpaired) electrons. The van der Waals surface area contributed by atoms with E-state index in [2.05, 4.69) is 13.0 Å². The smallest absolute Gasteiger partial charge is 0.155 e. The summed E-state index contributed by atoms with van der Waals surface area (Å²) in [7, 11) is 0. The van der Waals surface area contributed by atoms with Gasteiger partial charge >= 0.3 is 0 Å². The summed E-state index contributed by atoms with van der Waals surface area (Å²) in [4.78, 5) is 11.8. The Morgan fingerprint density at radius 2 is 1.86 bits per heavy atom. The third-order valence-electron chi connectivity index (χ3n) is 4.84. The zero-order valence-electron chi connectivity index (χ0n) is 14.2. The Labute approximate surface area is 135 Å². The number of aliphatic hydroxyl groups is 2. The third kappa shape index (κ3) is 7.55. The third-order valence-corrected chi connectivity index (χ3v) is 4.84. The van der Waals surface area contributed by atoms with Gasteiger partial charge < -0.3 is 10.2 Å². The molecule has 1 saturated carbocycles. The summed E-state index contributed by atoms with van der Waals surface area (Å²) in [5.41, 5.74) is 0. The van der Waals surface area contributed by atoms with Crippen molar-refractivity contribution < 1.29 is 15.0 Å². The van der Waals surface area contributed by atoms with Crippen molar-refractivity contribution in [3.63, 3.8) is 0 Å². The van der Waals surface area contributed by atoms with Crippen molar-refractivity contribution in [3.8, 4) is 0 Å². The first-order chi connectivity index (χ1) is 10.7. The SMILES string of the molecule is CCCCCC(=O)C=CC1CCC(O)C1CCCCCCO. The lowest BCUT2D eigenvalue weighted by atomic mass is 9.88. The van der Waals surface area contributed by atoms with Crippen LogP contribution in [0.1, 0.15) is 77.6 Å². The van der Waals surface area contributed by atoms with Gasteiger partial charge in [0.05, 0.1) is 6.10 Å². The first kappa shape index (κ1) is 19.4. The second-order valence-electron chi connectivity index (χ2n) is 6.68. The fourth-order valence-corrected chi connectivity index (χ4v) is 3.43. The van der Waals surface area contributed by atoms with E-state index < -0.39 is 0 Å². The summed E-state index contributed by atoms with van der Waals surface area (Å²) in [6, 6.07) is 0. The Morgan fingerprint density at radius 3 is 2.59 bits per heavy atom. The highest BCUT2D eigenvalue weighted by molar-refractivity contribution is 5.89. The Hall–Kier alpha value is -0.670. The van der Waals surface area contributed by atoms with E-state index in [0.29, 0.717) is 18.3 Å². The average molecular weight is 310 g/mol. The second kappa shape index (κ2) is 11.8. The van der Waals surface area contributed by atoms with Crippen LogP contribution in [0.25, 0.3) is 0 Å². The molecule has 0 amide bonds. The number of hydrogen-bond donors (Lipinski definition) is 2. The molecule has 1 aliphatic rings. The molecule has 0 bridgehead atoms. The molecule has 0 aliphatic heterocycles. The van der Waals surface area contributed by atoms with Crippen molar-refractivity contribution >= 4 is 5.78 Å². The summed E-state index contributed by atoms with van der Waals surface area (Å²) in [6.07, 6.45) is 14.6. The molecule has 0 aromatic rings. The van der Waals surface area contributed by atoms with Gasteiger partial charge in [0, 0.05) is 13.0 Å². The number of unbranched alkanes of at least 4 members (excludes halogenated alkanes) is 5. The topological polar surface area (TPSA) is 57.5 Å². The van der Waals surface area contributed by atoms with Gasteiger partial charge in [-0.05, 0) is 50.0 Å². The molecule has 3 heteroatoms. The van der Waals surface area contributed by atoms with Crippen LogP contribution in [0.15, 0.2) is 12.2 Å². The molecule has 0 aromatic carbocycles. The van der Waals surface area contributed by atoms with Crippen molar-refractivity contribution in [2.24, 2.45) is 11.8 Å². The van der Waals surface area contributed by atoms with Crippen molar-refractivity contribution in [3.05, 3.63) is 12.2 Å². The molecule has 128 valence electrons. The minimum absolute atomic E-state index is 0.206. The molecule has 1 fully saturated rings.